The molecule has 5 aromatic rings. The quantitative estimate of drug-likeness (QED) is 0.108. The van der Waals surface area contributed by atoms with Crippen molar-refractivity contribution in [1.29, 1.82) is 0 Å². The van der Waals surface area contributed by atoms with Crippen LogP contribution in [0.4, 0.5) is 5.69 Å². The number of thiophene rings is 2. The molecule has 16 heteroatoms. The predicted octanol–water partition coefficient (Wildman–Crippen LogP) is 2.44. The number of aliphatic carboxylic acids is 1. The van der Waals surface area contributed by atoms with Crippen LogP contribution in [-0.2, 0) is 54.5 Å². The number of hydrogen-bond donors (Lipinski definition) is 8. The minimum atomic E-state index is -2.29. The maximum Gasteiger partial charge on any atom is 0.326 e. The van der Waals surface area contributed by atoms with Gasteiger partial charge in [-0.15, -0.1) is 22.7 Å². The summed E-state index contributed by atoms with van der Waals surface area (Å²) in [4.78, 5) is 82.5. The lowest BCUT2D eigenvalue weighted by Crippen LogP contribution is -2.60. The third-order valence-electron chi connectivity index (χ3n) is 9.48. The fraction of sp³-hybridized carbons (Fsp3) is 0.238. The molecule has 0 aliphatic carbocycles. The van der Waals surface area contributed by atoms with Gasteiger partial charge >= 0.3 is 5.97 Å². The second-order valence-electron chi connectivity index (χ2n) is 13.7. The van der Waals surface area contributed by atoms with E-state index >= 15 is 0 Å². The summed E-state index contributed by atoms with van der Waals surface area (Å²) in [5.41, 5.74) is 3.15. The van der Waals surface area contributed by atoms with E-state index in [1.165, 1.54) is 46.9 Å². The molecule has 0 fully saturated rings. The molecule has 4 heterocycles. The molecule has 0 spiro atoms. The maximum atomic E-state index is 14.3. The van der Waals surface area contributed by atoms with Crippen molar-refractivity contribution in [3.63, 3.8) is 0 Å². The number of anilines is 1. The van der Waals surface area contributed by atoms with E-state index in [1.54, 1.807) is 47.2 Å². The molecule has 2 aliphatic rings. The van der Waals surface area contributed by atoms with E-state index in [0.29, 0.717) is 16.0 Å². The molecule has 300 valence electrons. The van der Waals surface area contributed by atoms with Gasteiger partial charge in [-0.1, -0.05) is 78.9 Å². The van der Waals surface area contributed by atoms with Crippen molar-refractivity contribution in [2.75, 3.05) is 5.32 Å². The van der Waals surface area contributed by atoms with Gasteiger partial charge in [-0.05, 0) is 57.3 Å². The highest BCUT2D eigenvalue weighted by Gasteiger charge is 2.36. The highest BCUT2D eigenvalue weighted by atomic mass is 32.1. The van der Waals surface area contributed by atoms with Crippen LogP contribution in [0.5, 0.6) is 0 Å². The fourth-order valence-electron chi connectivity index (χ4n) is 6.32. The summed E-state index contributed by atoms with van der Waals surface area (Å²) in [7, 11) is 0. The lowest BCUT2D eigenvalue weighted by molar-refractivity contribution is -0.145. The number of fused-ring (bicyclic) bond motifs is 18. The van der Waals surface area contributed by atoms with Crippen LogP contribution in [0.15, 0.2) is 114 Å². The molecule has 3 aromatic carbocycles. The van der Waals surface area contributed by atoms with Crippen LogP contribution >= 0.6 is 22.7 Å². The number of aliphatic hydroxyl groups excluding tert-OH is 2. The first-order valence-electron chi connectivity index (χ1n) is 18.3. The average Bonchev–Trinajstić information content (AvgIpc) is 3.95. The number of carboxylic acid groups (broad SMARTS) is 1. The van der Waals surface area contributed by atoms with Crippen molar-refractivity contribution < 1.29 is 44.1 Å². The van der Waals surface area contributed by atoms with Gasteiger partial charge in [0.2, 0.25) is 17.7 Å². The van der Waals surface area contributed by atoms with Gasteiger partial charge in [-0.3, -0.25) is 24.0 Å². The predicted molar refractivity (Wildman–Crippen MR) is 218 cm³/mol. The van der Waals surface area contributed by atoms with Crippen molar-refractivity contribution in [2.24, 2.45) is 0 Å². The molecule has 7 rings (SSSR count). The van der Waals surface area contributed by atoms with Crippen LogP contribution in [0.25, 0.3) is 11.1 Å². The Bertz CT molecular complexity index is 2200. The highest BCUT2D eigenvalue weighted by Crippen LogP contribution is 2.21. The molecule has 6 atom stereocenters. The van der Waals surface area contributed by atoms with E-state index < -0.39 is 71.9 Å². The first-order valence-corrected chi connectivity index (χ1v) is 20.1. The minimum absolute atomic E-state index is 0.0136. The SMILES string of the molecule is O=C(O)[C@@H]1Cc2ccc(cc2)NC(=O)[C@H](O)[C@@H](O)C(=O)N[C@H](Cc2cccs2)C(=O)N[C@@H](Cc2ccc(-c3ccccc3)cc2)C(=O)N[C@H](Cc2cccs2)C(=O)N1. The van der Waals surface area contributed by atoms with Gasteiger partial charge in [-0.2, -0.15) is 0 Å². The topological polar surface area (TPSA) is 223 Å². The number of aliphatic hydroxyl groups is 2. The number of carbonyl (C=O) groups excluding carboxylic acids is 5. The summed E-state index contributed by atoms with van der Waals surface area (Å²) in [5.74, 6) is -6.04. The zero-order chi connectivity index (χ0) is 41.2. The van der Waals surface area contributed by atoms with Crippen LogP contribution in [0.1, 0.15) is 20.9 Å². The molecule has 0 radical (unpaired) electrons. The summed E-state index contributed by atoms with van der Waals surface area (Å²) in [6.07, 6.45) is -4.82. The van der Waals surface area contributed by atoms with Crippen molar-refractivity contribution in [2.45, 2.75) is 62.1 Å². The number of amides is 5. The van der Waals surface area contributed by atoms with Crippen LogP contribution in [0.2, 0.25) is 0 Å². The van der Waals surface area contributed by atoms with E-state index in [0.717, 1.165) is 16.0 Å². The number of carbonyl (C=O) groups is 6. The van der Waals surface area contributed by atoms with Crippen molar-refractivity contribution in [3.05, 3.63) is 135 Å². The van der Waals surface area contributed by atoms with Crippen LogP contribution < -0.4 is 26.6 Å². The van der Waals surface area contributed by atoms with Crippen molar-refractivity contribution in [1.82, 2.24) is 21.3 Å². The van der Waals surface area contributed by atoms with Crippen molar-refractivity contribution >= 4 is 63.9 Å². The Morgan fingerprint density at radius 2 is 1.05 bits per heavy atom. The van der Waals surface area contributed by atoms with Gasteiger partial charge in [0.25, 0.3) is 11.8 Å². The zero-order valence-electron chi connectivity index (χ0n) is 30.9. The molecule has 5 amide bonds. The molecule has 14 nitrogen and oxygen atoms in total. The summed E-state index contributed by atoms with van der Waals surface area (Å²) in [6.45, 7) is 0. The summed E-state index contributed by atoms with van der Waals surface area (Å²) >= 11 is 2.64. The number of rotatable bonds is 8. The van der Waals surface area contributed by atoms with Gasteiger partial charge in [0.15, 0.2) is 12.2 Å². The molecule has 0 saturated heterocycles. The lowest BCUT2D eigenvalue weighted by atomic mass is 9.99. The lowest BCUT2D eigenvalue weighted by Gasteiger charge is -2.26. The largest absolute Gasteiger partial charge is 0.480 e. The van der Waals surface area contributed by atoms with E-state index in [4.69, 9.17) is 0 Å². The van der Waals surface area contributed by atoms with E-state index in [-0.39, 0.29) is 31.4 Å². The third-order valence-corrected chi connectivity index (χ3v) is 11.3. The second kappa shape index (κ2) is 19.3. The number of benzene rings is 3. The maximum absolute atomic E-state index is 14.3. The van der Waals surface area contributed by atoms with Gasteiger partial charge in [0.1, 0.15) is 24.2 Å². The Hall–Kier alpha value is -6.20. The first-order chi connectivity index (χ1) is 27.9. The van der Waals surface area contributed by atoms with Crippen molar-refractivity contribution in [3.8, 4) is 11.1 Å². The highest BCUT2D eigenvalue weighted by molar-refractivity contribution is 7.10. The van der Waals surface area contributed by atoms with Gasteiger partial charge in [-0.25, -0.2) is 4.79 Å². The third kappa shape index (κ3) is 11.0. The summed E-state index contributed by atoms with van der Waals surface area (Å²) < 4.78 is 0. The van der Waals surface area contributed by atoms with E-state index in [9.17, 15) is 44.1 Å². The number of carboxylic acids is 1. The molecule has 2 aromatic heterocycles. The van der Waals surface area contributed by atoms with E-state index in [1.807, 2.05) is 42.5 Å². The monoisotopic (exact) mass is 823 g/mol. The van der Waals surface area contributed by atoms with Crippen LogP contribution in [-0.4, -0.2) is 87.2 Å². The molecule has 2 aliphatic heterocycles. The molecule has 2 bridgehead atoms. The van der Waals surface area contributed by atoms with E-state index in [2.05, 4.69) is 26.6 Å². The normalized spacial score (nSPS) is 22.4. The molecule has 0 saturated carbocycles. The minimum Gasteiger partial charge on any atom is -0.480 e. The molecular formula is C42H41N5O9S2. The number of hydrogen-bond acceptors (Lipinski definition) is 10. The van der Waals surface area contributed by atoms with Crippen LogP contribution in [0.3, 0.4) is 0 Å². The Morgan fingerprint density at radius 3 is 1.59 bits per heavy atom. The molecule has 0 unspecified atom stereocenters. The smallest absolute Gasteiger partial charge is 0.326 e. The Labute approximate surface area is 341 Å². The van der Waals surface area contributed by atoms with Gasteiger partial charge in [0, 0.05) is 41.1 Å². The average molecular weight is 824 g/mol. The zero-order valence-corrected chi connectivity index (χ0v) is 32.5. The molecular weight excluding hydrogens is 783 g/mol. The Morgan fingerprint density at radius 1 is 0.552 bits per heavy atom. The second-order valence-corrected chi connectivity index (χ2v) is 15.8. The standard InChI is InChI=1S/C42H41N5O9S2/c48-35-36(49)41(54)46-33(23-30-9-5-19-58-30)38(51)44-31(20-24-10-14-27(15-11-24)26-6-2-1-3-7-26)37(50)45-32(22-29-8-4-18-57-29)39(52)47-34(42(55)56)21-25-12-16-28(17-13-25)43-40(35)53/h1-19,31-36,48-49H,20-23H2,(H,43,53)(H,44,51)(H,45,50)(H,46,54)(H,47,52)(H,55,56)/t31-,32+,33+,34-,35+,36+/m0/s1. The first kappa shape index (κ1) is 41.4. The summed E-state index contributed by atoms with van der Waals surface area (Å²) in [5, 5.41) is 48.0. The summed E-state index contributed by atoms with van der Waals surface area (Å²) in [6, 6.07) is 24.4. The molecule has 8 N–H and O–H groups in total. The van der Waals surface area contributed by atoms with Crippen LogP contribution in [0, 0.1) is 0 Å². The Kier molecular flexibility index (Phi) is 13.8. The fourth-order valence-corrected chi connectivity index (χ4v) is 7.83. The molecule has 58 heavy (non-hydrogen) atoms. The number of nitrogens with one attached hydrogen (secondary N) is 5. The van der Waals surface area contributed by atoms with Gasteiger partial charge < -0.3 is 41.9 Å². The Balaban J connectivity index is 1.36. The van der Waals surface area contributed by atoms with Gasteiger partial charge in [0.05, 0.1) is 0 Å².